The average Bonchev–Trinajstić information content (AvgIpc) is 2.60. The van der Waals surface area contributed by atoms with E-state index >= 15 is 0 Å². The van der Waals surface area contributed by atoms with Crippen LogP contribution in [0.1, 0.15) is 11.1 Å². The van der Waals surface area contributed by atoms with Crippen molar-refractivity contribution >= 4 is 17.4 Å². The highest BCUT2D eigenvalue weighted by atomic mass is 19.4. The van der Waals surface area contributed by atoms with Crippen molar-refractivity contribution < 1.29 is 27.4 Å². The van der Waals surface area contributed by atoms with Crippen molar-refractivity contribution in [1.29, 1.82) is 0 Å². The topological polar surface area (TPSA) is 47.6 Å². The van der Waals surface area contributed by atoms with Gasteiger partial charge in [0.15, 0.2) is 0 Å². The predicted octanol–water partition coefficient (Wildman–Crippen LogP) is 4.34. The third-order valence-electron chi connectivity index (χ3n) is 3.33. The minimum atomic E-state index is -4.45. The first-order valence-electron chi connectivity index (χ1n) is 7.22. The van der Waals surface area contributed by atoms with Crippen LogP contribution in [0.25, 0.3) is 5.70 Å². The van der Waals surface area contributed by atoms with Crippen molar-refractivity contribution in [2.24, 2.45) is 0 Å². The zero-order valence-corrected chi connectivity index (χ0v) is 13.6. The molecule has 2 aromatic carbocycles. The fourth-order valence-corrected chi connectivity index (χ4v) is 2.07. The van der Waals surface area contributed by atoms with Crippen molar-refractivity contribution in [2.75, 3.05) is 19.5 Å². The first-order chi connectivity index (χ1) is 11.8. The molecule has 0 bridgehead atoms. The smallest absolute Gasteiger partial charge is 0.416 e. The van der Waals surface area contributed by atoms with Gasteiger partial charge in [0.05, 0.1) is 25.5 Å². The van der Waals surface area contributed by atoms with Crippen molar-refractivity contribution in [3.8, 4) is 5.75 Å². The van der Waals surface area contributed by atoms with Crippen LogP contribution in [0, 0.1) is 0 Å². The fraction of sp³-hybridized carbons (Fsp3) is 0.167. The summed E-state index contributed by atoms with van der Waals surface area (Å²) in [7, 11) is 2.73. The molecule has 0 saturated carbocycles. The van der Waals surface area contributed by atoms with Gasteiger partial charge in [-0.25, -0.2) is 4.79 Å². The number of halogens is 3. The van der Waals surface area contributed by atoms with Crippen molar-refractivity contribution in [2.45, 2.75) is 6.18 Å². The Bertz CT molecular complexity index is 768. The molecule has 0 unspecified atom stereocenters. The molecule has 4 nitrogen and oxygen atoms in total. The van der Waals surface area contributed by atoms with Crippen LogP contribution < -0.4 is 10.1 Å². The molecule has 0 heterocycles. The molecule has 132 valence electrons. The number of methoxy groups -OCH3 is 2. The first kappa shape index (κ1) is 18.4. The largest absolute Gasteiger partial charge is 0.497 e. The Kier molecular flexibility index (Phi) is 5.69. The third kappa shape index (κ3) is 5.00. The molecule has 0 aliphatic heterocycles. The number of carbonyl (C=O) groups is 1. The Morgan fingerprint density at radius 3 is 2.32 bits per heavy atom. The molecule has 0 aliphatic rings. The highest BCUT2D eigenvalue weighted by molar-refractivity contribution is 5.94. The molecule has 0 amide bonds. The molecule has 0 aromatic heterocycles. The minimum Gasteiger partial charge on any atom is -0.497 e. The Hall–Kier alpha value is -2.96. The van der Waals surface area contributed by atoms with E-state index in [1.807, 2.05) is 0 Å². The molecule has 0 aliphatic carbocycles. The summed E-state index contributed by atoms with van der Waals surface area (Å²) in [6, 6.07) is 11.4. The number of ether oxygens (including phenoxy) is 2. The summed E-state index contributed by atoms with van der Waals surface area (Å²) in [6.07, 6.45) is -3.29. The van der Waals surface area contributed by atoms with Gasteiger partial charge in [-0.2, -0.15) is 13.2 Å². The molecule has 0 atom stereocenters. The quantitative estimate of drug-likeness (QED) is 0.643. The van der Waals surface area contributed by atoms with Gasteiger partial charge in [0, 0.05) is 11.8 Å². The van der Waals surface area contributed by atoms with E-state index in [1.54, 1.807) is 24.3 Å². The van der Waals surface area contributed by atoms with Crippen LogP contribution in [0.3, 0.4) is 0 Å². The van der Waals surface area contributed by atoms with E-state index in [2.05, 4.69) is 10.1 Å². The maximum Gasteiger partial charge on any atom is 0.416 e. The van der Waals surface area contributed by atoms with Gasteiger partial charge in [0.25, 0.3) is 0 Å². The van der Waals surface area contributed by atoms with Crippen LogP contribution in [0.2, 0.25) is 0 Å². The number of hydrogen-bond donors (Lipinski definition) is 1. The average molecular weight is 351 g/mol. The van der Waals surface area contributed by atoms with Crippen LogP contribution in [-0.2, 0) is 15.7 Å². The molecule has 1 N–H and O–H groups in total. The predicted molar refractivity (Wildman–Crippen MR) is 88.1 cm³/mol. The van der Waals surface area contributed by atoms with Crippen LogP contribution >= 0.6 is 0 Å². The van der Waals surface area contributed by atoms with E-state index in [1.165, 1.54) is 32.4 Å². The van der Waals surface area contributed by atoms with E-state index in [4.69, 9.17) is 4.74 Å². The van der Waals surface area contributed by atoms with Gasteiger partial charge in [-0.05, 0) is 48.0 Å². The number of hydrogen-bond acceptors (Lipinski definition) is 4. The Morgan fingerprint density at radius 2 is 1.76 bits per heavy atom. The van der Waals surface area contributed by atoms with Gasteiger partial charge in [-0.1, -0.05) is 6.07 Å². The van der Waals surface area contributed by atoms with E-state index in [-0.39, 0.29) is 5.69 Å². The second-order valence-electron chi connectivity index (χ2n) is 5.01. The van der Waals surface area contributed by atoms with E-state index in [9.17, 15) is 18.0 Å². The Morgan fingerprint density at radius 1 is 1.08 bits per heavy atom. The molecule has 0 fully saturated rings. The van der Waals surface area contributed by atoms with Crippen LogP contribution in [0.5, 0.6) is 5.75 Å². The zero-order valence-electron chi connectivity index (χ0n) is 13.6. The lowest BCUT2D eigenvalue weighted by Crippen LogP contribution is -2.07. The van der Waals surface area contributed by atoms with Gasteiger partial charge >= 0.3 is 12.1 Å². The summed E-state index contributed by atoms with van der Waals surface area (Å²) in [4.78, 5) is 11.6. The summed E-state index contributed by atoms with van der Waals surface area (Å²) in [5.41, 5.74) is 0.294. The lowest BCUT2D eigenvalue weighted by molar-refractivity contribution is -0.137. The number of carbonyl (C=O) groups excluding carboxylic acids is 1. The normalized spacial score (nSPS) is 11.8. The van der Waals surface area contributed by atoms with Crippen molar-refractivity contribution in [3.05, 3.63) is 65.7 Å². The fourth-order valence-electron chi connectivity index (χ4n) is 2.07. The molecule has 2 aromatic rings. The summed E-state index contributed by atoms with van der Waals surface area (Å²) < 4.78 is 48.2. The Balaban J connectivity index is 2.37. The van der Waals surface area contributed by atoms with E-state index in [0.29, 0.717) is 17.0 Å². The van der Waals surface area contributed by atoms with Crippen molar-refractivity contribution in [3.63, 3.8) is 0 Å². The van der Waals surface area contributed by atoms with Gasteiger partial charge < -0.3 is 14.8 Å². The first-order valence-corrected chi connectivity index (χ1v) is 7.22. The SMILES string of the molecule is COC(=O)/C=C(\Nc1cccc(C(F)(F)F)c1)c1ccc(OC)cc1. The molecule has 7 heteroatoms. The summed E-state index contributed by atoms with van der Waals surface area (Å²) in [5, 5.41) is 2.83. The van der Waals surface area contributed by atoms with E-state index in [0.717, 1.165) is 12.1 Å². The number of rotatable bonds is 5. The third-order valence-corrected chi connectivity index (χ3v) is 3.33. The van der Waals surface area contributed by atoms with Gasteiger partial charge in [0.2, 0.25) is 0 Å². The summed E-state index contributed by atoms with van der Waals surface area (Å²) in [6.45, 7) is 0. The van der Waals surface area contributed by atoms with Crippen LogP contribution in [0.15, 0.2) is 54.6 Å². The lowest BCUT2D eigenvalue weighted by Gasteiger charge is -2.14. The second-order valence-corrected chi connectivity index (χ2v) is 5.01. The number of esters is 1. The highest BCUT2D eigenvalue weighted by Gasteiger charge is 2.30. The number of benzene rings is 2. The zero-order chi connectivity index (χ0) is 18.4. The number of alkyl halides is 3. The Labute approximate surface area is 142 Å². The monoisotopic (exact) mass is 351 g/mol. The van der Waals surface area contributed by atoms with Gasteiger partial charge in [-0.15, -0.1) is 0 Å². The summed E-state index contributed by atoms with van der Waals surface area (Å²) in [5.74, 6) is -0.0227. The highest BCUT2D eigenvalue weighted by Crippen LogP contribution is 2.31. The maximum absolute atomic E-state index is 12.8. The minimum absolute atomic E-state index is 0.195. The molecule has 2 rings (SSSR count). The summed E-state index contributed by atoms with van der Waals surface area (Å²) >= 11 is 0. The van der Waals surface area contributed by atoms with Crippen LogP contribution in [-0.4, -0.2) is 20.2 Å². The maximum atomic E-state index is 12.8. The molecule has 0 radical (unpaired) electrons. The molecular formula is C18H16F3NO3. The molecule has 0 saturated heterocycles. The molecular weight excluding hydrogens is 335 g/mol. The van der Waals surface area contributed by atoms with Crippen molar-refractivity contribution in [1.82, 2.24) is 0 Å². The molecule has 25 heavy (non-hydrogen) atoms. The van der Waals surface area contributed by atoms with Gasteiger partial charge in [-0.3, -0.25) is 0 Å². The number of nitrogens with one attached hydrogen (secondary N) is 1. The van der Waals surface area contributed by atoms with Gasteiger partial charge in [0.1, 0.15) is 5.75 Å². The number of anilines is 1. The van der Waals surface area contributed by atoms with Crippen LogP contribution in [0.4, 0.5) is 18.9 Å². The second kappa shape index (κ2) is 7.74. The lowest BCUT2D eigenvalue weighted by atomic mass is 10.1. The molecule has 0 spiro atoms. The van der Waals surface area contributed by atoms with E-state index < -0.39 is 17.7 Å². The standard InChI is InChI=1S/C18H16F3NO3/c1-24-15-8-6-12(7-9-15)16(11-17(23)25-2)22-14-5-3-4-13(10-14)18(19,20)21/h3-11,22H,1-2H3/b16-11-.